The van der Waals surface area contributed by atoms with Crippen LogP contribution in [0.3, 0.4) is 0 Å². The van der Waals surface area contributed by atoms with Gasteiger partial charge in [-0.05, 0) is 72.2 Å². The molecule has 2 N–H and O–H groups in total. The molecule has 2 aromatic rings. The molecule has 2 rings (SSSR count). The Kier molecular flexibility index (Phi) is 12.0. The number of phenols is 2. The average molecular weight is 501 g/mol. The van der Waals surface area contributed by atoms with E-state index in [0.29, 0.717) is 11.5 Å². The van der Waals surface area contributed by atoms with E-state index in [1.807, 2.05) is 24.3 Å². The quantitative estimate of drug-likeness (QED) is 0.230. The number of phenolic OH excluding ortho intramolecular Hbond substituents is 2. The normalized spacial score (nSPS) is 11.6. The molecule has 0 radical (unpaired) electrons. The van der Waals surface area contributed by atoms with E-state index in [4.69, 9.17) is 9.47 Å². The molecule has 0 spiro atoms. The fourth-order valence-corrected chi connectivity index (χ4v) is 8.80. The van der Waals surface area contributed by atoms with Crippen LogP contribution in [0.1, 0.15) is 89.5 Å². The third kappa shape index (κ3) is 7.93. The van der Waals surface area contributed by atoms with E-state index in [1.54, 1.807) is 0 Å². The van der Waals surface area contributed by atoms with Crippen LogP contribution < -0.4 is 9.47 Å². The Morgan fingerprint density at radius 2 is 0.886 bits per heavy atom. The molecule has 196 valence electrons. The van der Waals surface area contributed by atoms with Crippen LogP contribution in [0.15, 0.2) is 24.3 Å². The monoisotopic (exact) mass is 500 g/mol. The number of hydrogen-bond donors (Lipinski definition) is 2. The minimum Gasteiger partial charge on any atom is -0.507 e. The van der Waals surface area contributed by atoms with Gasteiger partial charge in [-0.25, -0.2) is 0 Å². The molecule has 0 saturated heterocycles. The van der Waals surface area contributed by atoms with Gasteiger partial charge >= 0.3 is 0 Å². The van der Waals surface area contributed by atoms with E-state index in [9.17, 15) is 10.2 Å². The van der Waals surface area contributed by atoms with Crippen LogP contribution in [-0.2, 0) is 25.7 Å². The first-order chi connectivity index (χ1) is 16.9. The lowest BCUT2D eigenvalue weighted by molar-refractivity contribution is 0.337. The summed E-state index contributed by atoms with van der Waals surface area (Å²) in [5, 5.41) is 21.0. The van der Waals surface area contributed by atoms with Crippen LogP contribution in [-0.4, -0.2) is 30.7 Å². The number of benzene rings is 2. The highest BCUT2D eigenvalue weighted by Crippen LogP contribution is 2.33. The van der Waals surface area contributed by atoms with Crippen molar-refractivity contribution in [3.63, 3.8) is 0 Å². The SMILES string of the molecule is CCCC[Si](CCCC)(COc1cc(CC)c(O)c(CC)c1)COc1cc(CC)c(O)c(CC)c1. The van der Waals surface area contributed by atoms with Crippen molar-refractivity contribution in [2.75, 3.05) is 12.5 Å². The Morgan fingerprint density at radius 3 is 1.14 bits per heavy atom. The Bertz CT molecular complexity index is 799. The number of aromatic hydroxyl groups is 2. The lowest BCUT2D eigenvalue weighted by Gasteiger charge is -2.32. The Hall–Kier alpha value is -2.14. The number of unbranched alkanes of at least 4 members (excludes halogenated alkanes) is 2. The van der Waals surface area contributed by atoms with Crippen LogP contribution in [0, 0.1) is 0 Å². The molecule has 0 aliphatic heterocycles. The lowest BCUT2D eigenvalue weighted by Crippen LogP contribution is -2.48. The Labute approximate surface area is 214 Å². The fourth-order valence-electron chi connectivity index (χ4n) is 4.73. The van der Waals surface area contributed by atoms with E-state index >= 15 is 0 Å². The van der Waals surface area contributed by atoms with E-state index in [-0.39, 0.29) is 0 Å². The van der Waals surface area contributed by atoms with Crippen molar-refractivity contribution >= 4 is 8.07 Å². The smallest absolute Gasteiger partial charge is 0.142 e. The van der Waals surface area contributed by atoms with Crippen LogP contribution in [0.25, 0.3) is 0 Å². The van der Waals surface area contributed by atoms with E-state index in [0.717, 1.165) is 71.9 Å². The van der Waals surface area contributed by atoms with Gasteiger partial charge in [0.2, 0.25) is 0 Å². The van der Waals surface area contributed by atoms with Gasteiger partial charge in [0.1, 0.15) is 31.1 Å². The van der Waals surface area contributed by atoms with Crippen molar-refractivity contribution in [1.29, 1.82) is 0 Å². The zero-order valence-corrected chi connectivity index (χ0v) is 24.0. The number of hydrogen-bond acceptors (Lipinski definition) is 4. The average Bonchev–Trinajstić information content (AvgIpc) is 2.88. The molecule has 0 heterocycles. The highest BCUT2D eigenvalue weighted by molar-refractivity contribution is 6.79. The summed E-state index contributed by atoms with van der Waals surface area (Å²) in [5.74, 6) is 2.56. The first kappa shape index (κ1) is 29.1. The van der Waals surface area contributed by atoms with E-state index < -0.39 is 8.07 Å². The molecular weight excluding hydrogens is 452 g/mol. The Morgan fingerprint density at radius 1 is 0.571 bits per heavy atom. The molecule has 0 aromatic heterocycles. The highest BCUT2D eigenvalue weighted by Gasteiger charge is 2.35. The van der Waals surface area contributed by atoms with Crippen LogP contribution in [0.2, 0.25) is 12.1 Å². The summed E-state index contributed by atoms with van der Waals surface area (Å²) in [4.78, 5) is 0. The maximum atomic E-state index is 10.5. The second kappa shape index (κ2) is 14.4. The molecule has 0 saturated carbocycles. The molecular formula is C30H48O4Si. The van der Waals surface area contributed by atoms with E-state index in [2.05, 4.69) is 41.5 Å². The molecule has 0 atom stereocenters. The van der Waals surface area contributed by atoms with Crippen molar-refractivity contribution in [3.8, 4) is 23.0 Å². The summed E-state index contributed by atoms with van der Waals surface area (Å²) in [5.41, 5.74) is 3.81. The molecule has 0 unspecified atom stereocenters. The first-order valence-electron chi connectivity index (χ1n) is 13.8. The van der Waals surface area contributed by atoms with Gasteiger partial charge in [-0.2, -0.15) is 0 Å². The molecule has 0 aliphatic rings. The minimum atomic E-state index is -1.91. The van der Waals surface area contributed by atoms with Gasteiger partial charge in [0.15, 0.2) is 0 Å². The van der Waals surface area contributed by atoms with Crippen molar-refractivity contribution in [1.82, 2.24) is 0 Å². The van der Waals surface area contributed by atoms with Gasteiger partial charge in [0.05, 0.1) is 12.5 Å². The summed E-state index contributed by atoms with van der Waals surface area (Å²) < 4.78 is 13.1. The molecule has 0 bridgehead atoms. The first-order valence-corrected chi connectivity index (χ1v) is 16.6. The predicted molar refractivity (Wildman–Crippen MR) is 150 cm³/mol. The van der Waals surface area contributed by atoms with E-state index in [1.165, 1.54) is 37.8 Å². The minimum absolute atomic E-state index is 0.414. The highest BCUT2D eigenvalue weighted by atomic mass is 28.3. The predicted octanol–water partition coefficient (Wildman–Crippen LogP) is 7.93. The topological polar surface area (TPSA) is 58.9 Å². The van der Waals surface area contributed by atoms with Crippen molar-refractivity contribution in [2.24, 2.45) is 0 Å². The zero-order chi connectivity index (χ0) is 25.8. The largest absolute Gasteiger partial charge is 0.507 e. The van der Waals surface area contributed by atoms with Crippen molar-refractivity contribution < 1.29 is 19.7 Å². The molecule has 0 aliphatic carbocycles. The standard InChI is InChI=1S/C30H48O4Si/c1-7-13-15-35(16-14-8-2,21-33-27-17-23(9-3)29(31)24(10-4)18-27)22-34-28-19-25(11-5)30(32)26(12-6)20-28/h17-20,31-32H,7-16,21-22H2,1-6H3. The van der Waals surface area contributed by atoms with Gasteiger partial charge < -0.3 is 19.7 Å². The van der Waals surface area contributed by atoms with Crippen molar-refractivity contribution in [3.05, 3.63) is 46.5 Å². The molecule has 2 aromatic carbocycles. The Balaban J connectivity index is 2.32. The van der Waals surface area contributed by atoms with Gasteiger partial charge in [-0.3, -0.25) is 0 Å². The fraction of sp³-hybridized carbons (Fsp3) is 0.600. The third-order valence-electron chi connectivity index (χ3n) is 7.22. The molecule has 4 nitrogen and oxygen atoms in total. The van der Waals surface area contributed by atoms with Gasteiger partial charge in [0.25, 0.3) is 0 Å². The maximum absolute atomic E-state index is 10.5. The second-order valence-corrected chi connectivity index (χ2v) is 14.5. The number of ether oxygens (including phenoxy) is 2. The van der Waals surface area contributed by atoms with Gasteiger partial charge in [0, 0.05) is 0 Å². The second-order valence-electron chi connectivity index (χ2n) is 9.88. The summed E-state index contributed by atoms with van der Waals surface area (Å²) >= 11 is 0. The molecule has 35 heavy (non-hydrogen) atoms. The summed E-state index contributed by atoms with van der Waals surface area (Å²) in [6.07, 6.45) is 9.30. The maximum Gasteiger partial charge on any atom is 0.142 e. The molecule has 0 fully saturated rings. The lowest BCUT2D eigenvalue weighted by atomic mass is 10.0. The molecule has 5 heteroatoms. The summed E-state index contributed by atoms with van der Waals surface area (Å²) in [7, 11) is -1.91. The zero-order valence-electron chi connectivity index (χ0n) is 23.0. The summed E-state index contributed by atoms with van der Waals surface area (Å²) in [6, 6.07) is 10.4. The van der Waals surface area contributed by atoms with Crippen LogP contribution in [0.5, 0.6) is 23.0 Å². The van der Waals surface area contributed by atoms with Gasteiger partial charge in [-0.15, -0.1) is 0 Å². The van der Waals surface area contributed by atoms with Crippen LogP contribution in [0.4, 0.5) is 0 Å². The number of rotatable bonds is 16. The summed E-state index contributed by atoms with van der Waals surface area (Å²) in [6.45, 7) is 12.8. The van der Waals surface area contributed by atoms with Gasteiger partial charge in [-0.1, -0.05) is 79.3 Å². The number of aryl methyl sites for hydroxylation is 4. The van der Waals surface area contributed by atoms with Crippen LogP contribution >= 0.6 is 0 Å². The molecule has 0 amide bonds. The third-order valence-corrected chi connectivity index (χ3v) is 11.6. The van der Waals surface area contributed by atoms with Crippen molar-refractivity contribution in [2.45, 2.75) is 105 Å².